The van der Waals surface area contributed by atoms with Crippen LogP contribution in [-0.2, 0) is 8.69 Å². The molecule has 0 rings (SSSR count). The lowest BCUT2D eigenvalue weighted by Crippen LogP contribution is -2.51. The Kier molecular flexibility index (Phi) is 15.7. The molecule has 0 aromatic heterocycles. The van der Waals surface area contributed by atoms with Gasteiger partial charge in [-0.05, 0) is 49.5 Å². The van der Waals surface area contributed by atoms with Crippen molar-refractivity contribution in [2.24, 2.45) is 5.92 Å². The summed E-state index contributed by atoms with van der Waals surface area (Å²) >= 11 is 0. The molecule has 0 saturated heterocycles. The highest BCUT2D eigenvalue weighted by Gasteiger charge is 2.42. The minimum Gasteiger partial charge on any atom is -0.453 e. The summed E-state index contributed by atoms with van der Waals surface area (Å²) in [4.78, 5) is 0. The first kappa shape index (κ1) is 27.9. The van der Waals surface area contributed by atoms with Crippen LogP contribution in [0.1, 0.15) is 87.0 Å². The van der Waals surface area contributed by atoms with Crippen LogP contribution in [0.2, 0.25) is 42.6 Å². The SMILES string of the molecule is CCC[Si](CCC)(CCC)OB(CC(C)C#N)O[Si](CCC)(CCC)CCC. The Labute approximate surface area is 179 Å². The third-order valence-corrected chi connectivity index (χ3v) is 15.8. The van der Waals surface area contributed by atoms with Gasteiger partial charge in [-0.3, -0.25) is 0 Å². The van der Waals surface area contributed by atoms with Gasteiger partial charge in [-0.15, -0.1) is 0 Å². The van der Waals surface area contributed by atoms with E-state index in [2.05, 4.69) is 47.6 Å². The van der Waals surface area contributed by atoms with Crippen LogP contribution in [0, 0.1) is 17.2 Å². The van der Waals surface area contributed by atoms with Crippen molar-refractivity contribution < 1.29 is 8.69 Å². The molecule has 0 fully saturated rings. The van der Waals surface area contributed by atoms with Crippen LogP contribution in [0.15, 0.2) is 0 Å². The molecule has 0 amide bonds. The molecule has 0 bridgehead atoms. The lowest BCUT2D eigenvalue weighted by Gasteiger charge is -2.40. The molecule has 0 radical (unpaired) electrons. The fraction of sp³-hybridized carbons (Fsp3) is 0.955. The summed E-state index contributed by atoms with van der Waals surface area (Å²) in [6.07, 6.45) is 7.86. The molecule has 0 aliphatic rings. The molecule has 3 nitrogen and oxygen atoms in total. The first-order valence-corrected chi connectivity index (χ1v) is 17.2. The van der Waals surface area contributed by atoms with E-state index in [1.165, 1.54) is 74.8 Å². The maximum atomic E-state index is 9.46. The highest BCUT2D eigenvalue weighted by atomic mass is 28.4. The van der Waals surface area contributed by atoms with E-state index in [1.54, 1.807) is 0 Å². The van der Waals surface area contributed by atoms with Crippen molar-refractivity contribution in [3.05, 3.63) is 0 Å². The van der Waals surface area contributed by atoms with Crippen molar-refractivity contribution in [1.29, 1.82) is 5.26 Å². The average Bonchev–Trinajstić information content (AvgIpc) is 2.62. The van der Waals surface area contributed by atoms with Gasteiger partial charge in [0.2, 0.25) is 0 Å². The van der Waals surface area contributed by atoms with Crippen molar-refractivity contribution in [2.75, 3.05) is 0 Å². The zero-order valence-electron chi connectivity index (χ0n) is 20.1. The van der Waals surface area contributed by atoms with Crippen molar-refractivity contribution in [3.8, 4) is 6.07 Å². The standard InChI is InChI=1S/C22H48BNO2Si2/c1-8-14-27(15-9-2,16-10-3)25-23(20-22(7)21-24)26-28(17-11-4,18-12-5)19-13-6/h22H,8-20H2,1-7H3. The predicted octanol–water partition coefficient (Wildman–Crippen LogP) is 8.02. The van der Waals surface area contributed by atoms with Gasteiger partial charge in [-0.1, -0.05) is 80.1 Å². The first-order valence-electron chi connectivity index (χ1n) is 12.1. The summed E-state index contributed by atoms with van der Waals surface area (Å²) < 4.78 is 14.1. The fourth-order valence-electron chi connectivity index (χ4n) is 4.86. The third-order valence-electron chi connectivity index (χ3n) is 5.76. The van der Waals surface area contributed by atoms with E-state index >= 15 is 0 Å². The molecule has 0 aromatic carbocycles. The average molecular weight is 426 g/mol. The highest BCUT2D eigenvalue weighted by molar-refractivity contribution is 6.84. The molecule has 0 saturated carbocycles. The van der Waals surface area contributed by atoms with Gasteiger partial charge < -0.3 is 8.69 Å². The molecule has 0 aromatic rings. The van der Waals surface area contributed by atoms with E-state index < -0.39 is 16.6 Å². The van der Waals surface area contributed by atoms with Crippen LogP contribution in [0.3, 0.4) is 0 Å². The second-order valence-corrected chi connectivity index (χ2v) is 17.0. The molecule has 0 aliphatic heterocycles. The molecule has 1 atom stereocenters. The Morgan fingerprint density at radius 1 is 0.679 bits per heavy atom. The molecule has 0 heterocycles. The quantitative estimate of drug-likeness (QED) is 0.209. The van der Waals surface area contributed by atoms with Gasteiger partial charge in [0.05, 0.1) is 6.07 Å². The van der Waals surface area contributed by atoms with Gasteiger partial charge in [0.1, 0.15) is 0 Å². The minimum atomic E-state index is -1.82. The van der Waals surface area contributed by atoms with E-state index in [4.69, 9.17) is 8.69 Å². The fourth-order valence-corrected chi connectivity index (χ4v) is 14.0. The minimum absolute atomic E-state index is 0.0156. The maximum Gasteiger partial charge on any atom is 0.436 e. The molecule has 0 N–H and O–H groups in total. The van der Waals surface area contributed by atoms with E-state index in [0.29, 0.717) is 0 Å². The molecule has 1 unspecified atom stereocenters. The number of hydrogen-bond acceptors (Lipinski definition) is 3. The predicted molar refractivity (Wildman–Crippen MR) is 130 cm³/mol. The number of nitriles is 1. The molecule has 0 spiro atoms. The van der Waals surface area contributed by atoms with Gasteiger partial charge >= 0.3 is 7.12 Å². The second-order valence-electron chi connectivity index (χ2n) is 8.80. The van der Waals surface area contributed by atoms with Gasteiger partial charge in [-0.2, -0.15) is 5.26 Å². The van der Waals surface area contributed by atoms with E-state index in [9.17, 15) is 5.26 Å². The van der Waals surface area contributed by atoms with E-state index in [1.807, 2.05) is 6.92 Å². The lowest BCUT2D eigenvalue weighted by atomic mass is 9.80. The van der Waals surface area contributed by atoms with Gasteiger partial charge in [0.25, 0.3) is 0 Å². The number of hydrogen-bond donors (Lipinski definition) is 0. The van der Waals surface area contributed by atoms with E-state index in [-0.39, 0.29) is 13.0 Å². The Morgan fingerprint density at radius 2 is 0.964 bits per heavy atom. The highest BCUT2D eigenvalue weighted by Crippen LogP contribution is 2.34. The van der Waals surface area contributed by atoms with Crippen LogP contribution in [0.4, 0.5) is 0 Å². The molecule has 164 valence electrons. The van der Waals surface area contributed by atoms with Crippen molar-refractivity contribution in [2.45, 2.75) is 130 Å². The zero-order valence-corrected chi connectivity index (χ0v) is 22.1. The van der Waals surface area contributed by atoms with Crippen LogP contribution < -0.4 is 0 Å². The molecule has 28 heavy (non-hydrogen) atoms. The summed E-state index contributed by atoms with van der Waals surface area (Å²) in [5.74, 6) is -0.0156. The van der Waals surface area contributed by atoms with Crippen molar-refractivity contribution in [1.82, 2.24) is 0 Å². The zero-order chi connectivity index (χ0) is 21.5. The van der Waals surface area contributed by atoms with Crippen molar-refractivity contribution in [3.63, 3.8) is 0 Å². The second kappa shape index (κ2) is 15.7. The molecular weight excluding hydrogens is 377 g/mol. The molecule has 0 aliphatic carbocycles. The topological polar surface area (TPSA) is 42.2 Å². The first-order chi connectivity index (χ1) is 13.4. The van der Waals surface area contributed by atoms with Crippen LogP contribution in [-0.4, -0.2) is 23.8 Å². The van der Waals surface area contributed by atoms with Crippen LogP contribution >= 0.6 is 0 Å². The summed E-state index contributed by atoms with van der Waals surface area (Å²) in [5, 5.41) is 9.46. The van der Waals surface area contributed by atoms with Gasteiger partial charge in [0.15, 0.2) is 16.6 Å². The monoisotopic (exact) mass is 425 g/mol. The summed E-state index contributed by atoms with van der Waals surface area (Å²) in [7, 11) is -3.80. The Hall–Kier alpha value is -0.0913. The molecule has 6 heteroatoms. The number of nitrogens with zero attached hydrogens (tertiary/aromatic N) is 1. The normalized spacial score (nSPS) is 13.4. The molecular formula is C22H48BNO2Si2. The number of rotatable bonds is 18. The van der Waals surface area contributed by atoms with E-state index in [0.717, 1.165) is 6.32 Å². The summed E-state index contributed by atoms with van der Waals surface area (Å²) in [6, 6.07) is 9.76. The Balaban J connectivity index is 5.76. The Bertz CT molecular complexity index is 369. The van der Waals surface area contributed by atoms with Crippen molar-refractivity contribution >= 4 is 23.8 Å². The van der Waals surface area contributed by atoms with Gasteiger partial charge in [0, 0.05) is 5.92 Å². The smallest absolute Gasteiger partial charge is 0.436 e. The maximum absolute atomic E-state index is 9.46. The third kappa shape index (κ3) is 10.1. The van der Waals surface area contributed by atoms with Gasteiger partial charge in [-0.25, -0.2) is 0 Å². The van der Waals surface area contributed by atoms with Crippen LogP contribution in [0.25, 0.3) is 0 Å². The van der Waals surface area contributed by atoms with Crippen LogP contribution in [0.5, 0.6) is 0 Å². The summed E-state index contributed by atoms with van der Waals surface area (Å²) in [6.45, 7) is 15.7. The largest absolute Gasteiger partial charge is 0.453 e. The Morgan fingerprint density at radius 3 is 1.18 bits per heavy atom. The lowest BCUT2D eigenvalue weighted by molar-refractivity contribution is 0.385. The summed E-state index contributed by atoms with van der Waals surface area (Å²) in [5.41, 5.74) is 0.